The zero-order valence-corrected chi connectivity index (χ0v) is 30.2. The van der Waals surface area contributed by atoms with E-state index in [4.69, 9.17) is 0 Å². The maximum atomic E-state index is 14.7. The van der Waals surface area contributed by atoms with Gasteiger partial charge < -0.3 is 10.2 Å². The molecule has 4 aromatic carbocycles. The summed E-state index contributed by atoms with van der Waals surface area (Å²) < 4.78 is 30.7. The first-order chi connectivity index (χ1) is 23.0. The minimum absolute atomic E-state index is 0.0523. The monoisotopic (exact) mass is 729 g/mol. The highest BCUT2D eigenvalue weighted by Gasteiger charge is 2.35. The van der Waals surface area contributed by atoms with Crippen LogP contribution >= 0.6 is 15.9 Å². The smallest absolute Gasteiger partial charge is 0.264 e. The molecule has 0 radical (unpaired) electrons. The highest BCUT2D eigenvalue weighted by atomic mass is 79.9. The Bertz CT molecular complexity index is 1790. The van der Waals surface area contributed by atoms with E-state index in [1.54, 1.807) is 41.3 Å². The van der Waals surface area contributed by atoms with Crippen LogP contribution in [0.5, 0.6) is 0 Å². The number of halogens is 1. The fourth-order valence-electron chi connectivity index (χ4n) is 6.15. The van der Waals surface area contributed by atoms with Gasteiger partial charge in [-0.15, -0.1) is 0 Å². The number of amides is 2. The summed E-state index contributed by atoms with van der Waals surface area (Å²) in [6.45, 7) is 5.68. The van der Waals surface area contributed by atoms with Gasteiger partial charge in [0.1, 0.15) is 12.6 Å². The summed E-state index contributed by atoms with van der Waals surface area (Å²) in [5, 5.41) is 3.22. The van der Waals surface area contributed by atoms with Gasteiger partial charge in [-0.3, -0.25) is 13.9 Å². The Morgan fingerprint density at radius 3 is 2.12 bits per heavy atom. The molecule has 1 saturated carbocycles. The van der Waals surface area contributed by atoms with Crippen LogP contribution in [0.2, 0.25) is 0 Å². The fraction of sp³-hybridized carbons (Fsp3) is 0.333. The molecule has 0 saturated heterocycles. The third-order valence-electron chi connectivity index (χ3n) is 8.95. The third-order valence-corrected chi connectivity index (χ3v) is 11.2. The molecule has 0 unspecified atom stereocenters. The Balaban J connectivity index is 1.57. The van der Waals surface area contributed by atoms with E-state index in [2.05, 4.69) is 35.1 Å². The quantitative estimate of drug-likeness (QED) is 0.152. The van der Waals surface area contributed by atoms with Gasteiger partial charge in [0.05, 0.1) is 10.6 Å². The molecule has 1 aliphatic carbocycles. The van der Waals surface area contributed by atoms with Gasteiger partial charge in [0.2, 0.25) is 11.8 Å². The summed E-state index contributed by atoms with van der Waals surface area (Å²) in [4.78, 5) is 30.5. The summed E-state index contributed by atoms with van der Waals surface area (Å²) >= 11 is 3.54. The fourth-order valence-corrected chi connectivity index (χ4v) is 8.01. The van der Waals surface area contributed by atoms with E-state index in [1.165, 1.54) is 4.31 Å². The molecule has 0 aliphatic heterocycles. The van der Waals surface area contributed by atoms with E-state index in [0.717, 1.165) is 52.4 Å². The number of carbonyl (C=O) groups excluding carboxylic acids is 2. The van der Waals surface area contributed by atoms with Crippen molar-refractivity contribution >= 4 is 43.5 Å². The maximum absolute atomic E-state index is 14.7. The summed E-state index contributed by atoms with van der Waals surface area (Å²) in [6.07, 6.45) is 4.19. The zero-order chi connectivity index (χ0) is 34.3. The second kappa shape index (κ2) is 16.0. The van der Waals surface area contributed by atoms with Crippen LogP contribution in [0, 0.1) is 6.92 Å². The largest absolute Gasteiger partial charge is 0.352 e. The van der Waals surface area contributed by atoms with Crippen molar-refractivity contribution in [1.29, 1.82) is 0 Å². The molecule has 0 aromatic heterocycles. The number of nitrogens with one attached hydrogen (secondary N) is 1. The Morgan fingerprint density at radius 1 is 0.854 bits per heavy atom. The predicted octanol–water partition coefficient (Wildman–Crippen LogP) is 7.78. The van der Waals surface area contributed by atoms with Crippen LogP contribution < -0.4 is 9.62 Å². The van der Waals surface area contributed by atoms with Crippen LogP contribution in [-0.2, 0) is 32.6 Å². The highest BCUT2D eigenvalue weighted by molar-refractivity contribution is 9.10. The summed E-state index contributed by atoms with van der Waals surface area (Å²) in [5.74, 6) is -0.454. The molecule has 9 heteroatoms. The van der Waals surface area contributed by atoms with Crippen molar-refractivity contribution in [2.75, 3.05) is 10.8 Å². The molecule has 7 nitrogen and oxygen atoms in total. The van der Waals surface area contributed by atoms with E-state index in [0.29, 0.717) is 5.69 Å². The van der Waals surface area contributed by atoms with Crippen LogP contribution in [0.4, 0.5) is 5.69 Å². The molecule has 0 heterocycles. The Labute approximate surface area is 293 Å². The molecule has 1 N–H and O–H groups in total. The van der Waals surface area contributed by atoms with E-state index in [9.17, 15) is 18.0 Å². The van der Waals surface area contributed by atoms with Crippen LogP contribution in [0.25, 0.3) is 0 Å². The van der Waals surface area contributed by atoms with Gasteiger partial charge in [-0.25, -0.2) is 8.42 Å². The summed E-state index contributed by atoms with van der Waals surface area (Å²) in [7, 11) is -4.16. The topological polar surface area (TPSA) is 86.8 Å². The summed E-state index contributed by atoms with van der Waals surface area (Å²) in [5.41, 5.74) is 4.09. The SMILES string of the molecule is Cc1ccc(S(=O)(=O)N(CC(=O)N(Cc2cccc(Br)c2)[C@H](Cc2ccccc2)C(=O)NC2CCCC2)c2ccc(C(C)C)cc2)cc1. The number of benzene rings is 4. The number of aryl methyl sites for hydroxylation is 1. The number of rotatable bonds is 13. The third kappa shape index (κ3) is 8.94. The molecule has 1 fully saturated rings. The van der Waals surface area contributed by atoms with E-state index < -0.39 is 28.5 Å². The standard InChI is InChI=1S/C39H44BrN3O4S/c1-28(2)32-18-20-35(21-19-32)43(48(46,47)36-22-16-29(3)17-23-36)27-38(44)42(26-31-12-9-13-33(40)24-31)37(25-30-10-5-4-6-11-30)39(45)41-34-14-7-8-15-34/h4-6,9-13,16-24,28,34,37H,7-8,14-15,25-27H2,1-3H3,(H,41,45)/t37-/m1/s1. The molecule has 1 atom stereocenters. The lowest BCUT2D eigenvalue weighted by Crippen LogP contribution is -2.54. The second-order valence-electron chi connectivity index (χ2n) is 12.9. The van der Waals surface area contributed by atoms with Gasteiger partial charge in [0.25, 0.3) is 10.0 Å². The minimum atomic E-state index is -4.16. The maximum Gasteiger partial charge on any atom is 0.264 e. The first-order valence-electron chi connectivity index (χ1n) is 16.6. The minimum Gasteiger partial charge on any atom is -0.352 e. The number of carbonyl (C=O) groups is 2. The average Bonchev–Trinajstić information content (AvgIpc) is 3.59. The van der Waals surface area contributed by atoms with Crippen molar-refractivity contribution in [3.63, 3.8) is 0 Å². The molecule has 4 aromatic rings. The first kappa shape index (κ1) is 35.4. The predicted molar refractivity (Wildman–Crippen MR) is 195 cm³/mol. The molecular weight excluding hydrogens is 686 g/mol. The van der Waals surface area contributed by atoms with Gasteiger partial charge >= 0.3 is 0 Å². The number of hydrogen-bond acceptors (Lipinski definition) is 4. The van der Waals surface area contributed by atoms with Crippen molar-refractivity contribution < 1.29 is 18.0 Å². The van der Waals surface area contributed by atoms with Crippen molar-refractivity contribution in [1.82, 2.24) is 10.2 Å². The lowest BCUT2D eigenvalue weighted by atomic mass is 10.0. The van der Waals surface area contributed by atoms with Crippen molar-refractivity contribution in [2.45, 2.75) is 82.3 Å². The molecule has 48 heavy (non-hydrogen) atoms. The Morgan fingerprint density at radius 2 is 1.50 bits per heavy atom. The Hall–Kier alpha value is -3.95. The Kier molecular flexibility index (Phi) is 11.8. The number of hydrogen-bond donors (Lipinski definition) is 1. The normalized spacial score (nSPS) is 14.1. The van der Waals surface area contributed by atoms with Crippen molar-refractivity contribution in [2.24, 2.45) is 0 Å². The van der Waals surface area contributed by atoms with Crippen LogP contribution in [0.1, 0.15) is 67.7 Å². The van der Waals surface area contributed by atoms with Crippen molar-refractivity contribution in [3.8, 4) is 0 Å². The first-order valence-corrected chi connectivity index (χ1v) is 18.8. The molecule has 0 spiro atoms. The lowest BCUT2D eigenvalue weighted by molar-refractivity contribution is -0.140. The van der Waals surface area contributed by atoms with Gasteiger partial charge in [-0.1, -0.05) is 115 Å². The van der Waals surface area contributed by atoms with E-state index in [-0.39, 0.29) is 35.7 Å². The van der Waals surface area contributed by atoms with Gasteiger partial charge in [-0.05, 0) is 78.8 Å². The van der Waals surface area contributed by atoms with Crippen molar-refractivity contribution in [3.05, 3.63) is 130 Å². The number of sulfonamides is 1. The van der Waals surface area contributed by atoms with E-state index >= 15 is 0 Å². The van der Waals surface area contributed by atoms with Gasteiger partial charge in [0.15, 0.2) is 0 Å². The lowest BCUT2D eigenvalue weighted by Gasteiger charge is -2.34. The number of nitrogens with zero attached hydrogens (tertiary/aromatic N) is 2. The molecular formula is C39H44BrN3O4S. The molecule has 1 aliphatic rings. The van der Waals surface area contributed by atoms with Crippen LogP contribution in [0.15, 0.2) is 112 Å². The van der Waals surface area contributed by atoms with E-state index in [1.807, 2.05) is 73.7 Å². The van der Waals surface area contributed by atoms with Crippen LogP contribution in [-0.4, -0.2) is 43.8 Å². The average molecular weight is 731 g/mol. The highest BCUT2D eigenvalue weighted by Crippen LogP contribution is 2.28. The molecule has 2 amide bonds. The zero-order valence-electron chi connectivity index (χ0n) is 27.8. The molecule has 252 valence electrons. The molecule has 5 rings (SSSR count). The van der Waals surface area contributed by atoms with Gasteiger partial charge in [-0.2, -0.15) is 0 Å². The second-order valence-corrected chi connectivity index (χ2v) is 15.7. The van der Waals surface area contributed by atoms with Crippen LogP contribution in [0.3, 0.4) is 0 Å². The van der Waals surface area contributed by atoms with Gasteiger partial charge in [0, 0.05) is 23.5 Å². The number of anilines is 1. The summed E-state index contributed by atoms with van der Waals surface area (Å²) in [6, 6.07) is 30.4. The molecule has 0 bridgehead atoms.